The minimum Gasteiger partial charge on any atom is -0.483 e. The quantitative estimate of drug-likeness (QED) is 0.767. The average molecular weight is 253 g/mol. The molecule has 1 rings (SSSR count). The number of ether oxygens (including phenoxy) is 1. The summed E-state index contributed by atoms with van der Waals surface area (Å²) < 4.78 is 5.32. The molecule has 0 saturated carbocycles. The number of hydrogen-bond donors (Lipinski definition) is 2. The van der Waals surface area contributed by atoms with Gasteiger partial charge in [-0.05, 0) is 12.1 Å². The van der Waals surface area contributed by atoms with E-state index in [9.17, 15) is 4.79 Å². The Hall–Kier alpha value is -1.70. The number of nitrogens with two attached hydrogens (primary N) is 1. The highest BCUT2D eigenvalue weighted by Gasteiger charge is 2.08. The largest absolute Gasteiger partial charge is 0.483 e. The van der Waals surface area contributed by atoms with Gasteiger partial charge in [-0.1, -0.05) is 23.6 Å². The van der Waals surface area contributed by atoms with Crippen LogP contribution < -0.4 is 15.8 Å². The molecule has 1 aromatic rings. The molecule has 0 aliphatic rings. The third-order valence-electron chi connectivity index (χ3n) is 2.03. The molecule has 0 fully saturated rings. The van der Waals surface area contributed by atoms with Crippen LogP contribution in [-0.2, 0) is 11.3 Å². The second-order valence-corrected chi connectivity index (χ2v) is 3.60. The van der Waals surface area contributed by atoms with Crippen molar-refractivity contribution in [3.05, 3.63) is 28.8 Å². The van der Waals surface area contributed by atoms with Crippen LogP contribution in [0, 0.1) is 12.3 Å². The number of terminal acetylenes is 1. The van der Waals surface area contributed by atoms with Gasteiger partial charge in [-0.25, -0.2) is 0 Å². The van der Waals surface area contributed by atoms with Crippen LogP contribution in [-0.4, -0.2) is 19.1 Å². The lowest BCUT2D eigenvalue weighted by atomic mass is 10.2. The van der Waals surface area contributed by atoms with Crippen LogP contribution in [0.4, 0.5) is 0 Å². The van der Waals surface area contributed by atoms with Gasteiger partial charge >= 0.3 is 0 Å². The molecule has 0 radical (unpaired) electrons. The second kappa shape index (κ2) is 6.79. The summed E-state index contributed by atoms with van der Waals surface area (Å²) in [6.07, 6.45) is 5.01. The first-order chi connectivity index (χ1) is 8.19. The van der Waals surface area contributed by atoms with Gasteiger partial charge in [-0.2, -0.15) is 0 Å². The predicted molar refractivity (Wildman–Crippen MR) is 66.7 cm³/mol. The molecule has 3 N–H and O–H groups in total. The Kier molecular flexibility index (Phi) is 5.34. The fraction of sp³-hybridized carbons (Fsp3) is 0.250. The van der Waals surface area contributed by atoms with Crippen molar-refractivity contribution >= 4 is 17.5 Å². The van der Waals surface area contributed by atoms with Crippen molar-refractivity contribution in [1.29, 1.82) is 0 Å². The Balaban J connectivity index is 2.61. The molecule has 1 amide bonds. The zero-order valence-corrected chi connectivity index (χ0v) is 9.96. The zero-order chi connectivity index (χ0) is 12.7. The van der Waals surface area contributed by atoms with Gasteiger partial charge in [0.15, 0.2) is 6.61 Å². The van der Waals surface area contributed by atoms with Crippen LogP contribution in [0.2, 0.25) is 5.02 Å². The van der Waals surface area contributed by atoms with Crippen LogP contribution in [0.15, 0.2) is 18.2 Å². The molecule has 0 aliphatic carbocycles. The topological polar surface area (TPSA) is 64.3 Å². The number of amides is 1. The Morgan fingerprint density at radius 3 is 3.00 bits per heavy atom. The van der Waals surface area contributed by atoms with Crippen molar-refractivity contribution in [1.82, 2.24) is 5.32 Å². The highest BCUT2D eigenvalue weighted by atomic mass is 35.5. The fourth-order valence-electron chi connectivity index (χ4n) is 1.22. The Labute approximate surface area is 105 Å². The van der Waals surface area contributed by atoms with Crippen LogP contribution in [0.5, 0.6) is 5.75 Å². The van der Waals surface area contributed by atoms with Crippen molar-refractivity contribution in [2.45, 2.75) is 6.54 Å². The van der Waals surface area contributed by atoms with Crippen molar-refractivity contribution in [2.24, 2.45) is 5.73 Å². The molecular weight excluding hydrogens is 240 g/mol. The number of carbonyl (C=O) groups is 1. The molecule has 0 heterocycles. The molecule has 0 saturated heterocycles. The number of carbonyl (C=O) groups excluding carboxylic acids is 1. The first-order valence-electron chi connectivity index (χ1n) is 4.99. The van der Waals surface area contributed by atoms with Crippen molar-refractivity contribution in [2.75, 3.05) is 13.2 Å². The van der Waals surface area contributed by atoms with Crippen molar-refractivity contribution < 1.29 is 9.53 Å². The number of benzene rings is 1. The highest BCUT2D eigenvalue weighted by molar-refractivity contribution is 6.31. The summed E-state index contributed by atoms with van der Waals surface area (Å²) in [6, 6.07) is 5.16. The van der Waals surface area contributed by atoms with E-state index in [2.05, 4.69) is 11.2 Å². The van der Waals surface area contributed by atoms with Gasteiger partial charge in [0.2, 0.25) is 0 Å². The molecule has 1 aromatic carbocycles. The summed E-state index contributed by atoms with van der Waals surface area (Å²) in [5, 5.41) is 3.01. The summed E-state index contributed by atoms with van der Waals surface area (Å²) in [6.45, 7) is 0.317. The van der Waals surface area contributed by atoms with Gasteiger partial charge in [0, 0.05) is 17.1 Å². The molecular formula is C12H13ClN2O2. The normalized spacial score (nSPS) is 9.47. The highest BCUT2D eigenvalue weighted by Crippen LogP contribution is 2.25. The molecule has 0 spiro atoms. The summed E-state index contributed by atoms with van der Waals surface area (Å²) in [7, 11) is 0. The monoisotopic (exact) mass is 252 g/mol. The van der Waals surface area contributed by atoms with Gasteiger partial charge in [0.25, 0.3) is 5.91 Å². The Morgan fingerprint density at radius 2 is 2.35 bits per heavy atom. The van der Waals surface area contributed by atoms with Crippen LogP contribution in [0.3, 0.4) is 0 Å². The van der Waals surface area contributed by atoms with E-state index in [0.717, 1.165) is 0 Å². The van der Waals surface area contributed by atoms with E-state index in [1.807, 2.05) is 0 Å². The molecule has 90 valence electrons. The molecule has 4 nitrogen and oxygen atoms in total. The summed E-state index contributed by atoms with van der Waals surface area (Å²) in [5.41, 5.74) is 6.23. The predicted octanol–water partition coefficient (Wildman–Crippen LogP) is 0.927. The zero-order valence-electron chi connectivity index (χ0n) is 9.20. The maximum atomic E-state index is 11.3. The number of rotatable bonds is 5. The number of hydrogen-bond acceptors (Lipinski definition) is 3. The van der Waals surface area contributed by atoms with E-state index in [-0.39, 0.29) is 25.6 Å². The lowest BCUT2D eigenvalue weighted by Gasteiger charge is -2.11. The molecule has 0 unspecified atom stereocenters. The Morgan fingerprint density at radius 1 is 1.59 bits per heavy atom. The number of nitrogens with one attached hydrogen (secondary N) is 1. The minimum absolute atomic E-state index is 0.116. The first-order valence-corrected chi connectivity index (χ1v) is 5.37. The molecule has 0 aliphatic heterocycles. The standard InChI is InChI=1S/C12H13ClN2O2/c1-2-6-15-12(16)8-17-11-5-3-4-10(13)9(11)7-14/h1,3-5H,6-8,14H2,(H,15,16). The summed E-state index contributed by atoms with van der Waals surface area (Å²) in [4.78, 5) is 11.3. The summed E-state index contributed by atoms with van der Waals surface area (Å²) >= 11 is 5.94. The van der Waals surface area contributed by atoms with Crippen LogP contribution in [0.1, 0.15) is 5.56 Å². The van der Waals surface area contributed by atoms with Gasteiger partial charge in [0.05, 0.1) is 6.54 Å². The van der Waals surface area contributed by atoms with E-state index >= 15 is 0 Å². The maximum Gasteiger partial charge on any atom is 0.258 e. The van der Waals surface area contributed by atoms with Crippen molar-refractivity contribution in [3.8, 4) is 18.1 Å². The maximum absolute atomic E-state index is 11.3. The Bertz CT molecular complexity index is 441. The average Bonchev–Trinajstić information content (AvgIpc) is 2.33. The lowest BCUT2D eigenvalue weighted by Crippen LogP contribution is -2.29. The fourth-order valence-corrected chi connectivity index (χ4v) is 1.46. The third kappa shape index (κ3) is 3.99. The van der Waals surface area contributed by atoms with Gasteiger partial charge in [0.1, 0.15) is 5.75 Å². The van der Waals surface area contributed by atoms with E-state index < -0.39 is 0 Å². The molecule has 0 atom stereocenters. The first kappa shape index (κ1) is 13.4. The molecule has 5 heteroatoms. The van der Waals surface area contributed by atoms with Crippen LogP contribution >= 0.6 is 11.6 Å². The minimum atomic E-state index is -0.286. The van der Waals surface area contributed by atoms with Crippen molar-refractivity contribution in [3.63, 3.8) is 0 Å². The molecule has 0 bridgehead atoms. The van der Waals surface area contributed by atoms with E-state index in [0.29, 0.717) is 16.3 Å². The van der Waals surface area contributed by atoms with Gasteiger partial charge in [-0.15, -0.1) is 6.42 Å². The summed E-state index contributed by atoms with van der Waals surface area (Å²) in [5.74, 6) is 2.52. The molecule has 0 aromatic heterocycles. The van der Waals surface area contributed by atoms with Crippen LogP contribution in [0.25, 0.3) is 0 Å². The second-order valence-electron chi connectivity index (χ2n) is 3.19. The van der Waals surface area contributed by atoms with E-state index in [1.165, 1.54) is 0 Å². The lowest BCUT2D eigenvalue weighted by molar-refractivity contribution is -0.122. The van der Waals surface area contributed by atoms with Gasteiger partial charge in [-0.3, -0.25) is 4.79 Å². The van der Waals surface area contributed by atoms with E-state index in [1.54, 1.807) is 18.2 Å². The number of halogens is 1. The van der Waals surface area contributed by atoms with E-state index in [4.69, 9.17) is 28.5 Å². The molecule has 17 heavy (non-hydrogen) atoms. The van der Waals surface area contributed by atoms with Gasteiger partial charge < -0.3 is 15.8 Å². The SMILES string of the molecule is C#CCNC(=O)COc1cccc(Cl)c1CN. The third-order valence-corrected chi connectivity index (χ3v) is 2.38. The smallest absolute Gasteiger partial charge is 0.258 e.